The summed E-state index contributed by atoms with van der Waals surface area (Å²) in [6, 6.07) is 6.64. The van der Waals surface area contributed by atoms with Gasteiger partial charge in [0.25, 0.3) is 0 Å². The van der Waals surface area contributed by atoms with Crippen molar-refractivity contribution in [3.05, 3.63) is 53.4 Å². The Morgan fingerprint density at radius 3 is 2.76 bits per heavy atom. The number of aryl methyl sites for hydroxylation is 1. The maximum atomic E-state index is 13.5. The quantitative estimate of drug-likeness (QED) is 0.882. The molecule has 0 fully saturated rings. The summed E-state index contributed by atoms with van der Waals surface area (Å²) in [5, 5.41) is 0. The second-order valence-corrected chi connectivity index (χ2v) is 3.81. The van der Waals surface area contributed by atoms with E-state index < -0.39 is 0 Å². The highest BCUT2D eigenvalue weighted by Gasteiger charge is 2.06. The Bertz CT molecular complexity index is 526. The number of hydrogen-bond acceptors (Lipinski definition) is 3. The van der Waals surface area contributed by atoms with Gasteiger partial charge in [0.15, 0.2) is 0 Å². The maximum Gasteiger partial charge on any atom is 0.133 e. The third-order valence-electron chi connectivity index (χ3n) is 2.59. The lowest BCUT2D eigenvalue weighted by atomic mass is 10.1. The van der Waals surface area contributed by atoms with Crippen molar-refractivity contribution in [1.82, 2.24) is 9.97 Å². The van der Waals surface area contributed by atoms with Crippen molar-refractivity contribution >= 4 is 5.69 Å². The highest BCUT2D eigenvalue weighted by atomic mass is 19.1. The number of benzene rings is 1. The van der Waals surface area contributed by atoms with Gasteiger partial charge in [-0.25, -0.2) is 14.4 Å². The van der Waals surface area contributed by atoms with E-state index in [4.69, 9.17) is 5.73 Å². The van der Waals surface area contributed by atoms with Crippen LogP contribution in [0, 0.1) is 5.82 Å². The molecule has 17 heavy (non-hydrogen) atoms. The SMILES string of the molecule is CCc1nc(Cc2ccccc2F)ncc1N. The number of rotatable bonds is 3. The molecule has 0 aliphatic heterocycles. The Hall–Kier alpha value is -1.97. The lowest BCUT2D eigenvalue weighted by Crippen LogP contribution is -2.04. The van der Waals surface area contributed by atoms with Crippen LogP contribution in [0.5, 0.6) is 0 Å². The van der Waals surface area contributed by atoms with Crippen molar-refractivity contribution < 1.29 is 4.39 Å². The van der Waals surface area contributed by atoms with Crippen LogP contribution in [0.2, 0.25) is 0 Å². The van der Waals surface area contributed by atoms with Gasteiger partial charge in [-0.3, -0.25) is 0 Å². The summed E-state index contributed by atoms with van der Waals surface area (Å²) in [6.07, 6.45) is 2.72. The predicted molar refractivity (Wildman–Crippen MR) is 65.0 cm³/mol. The molecule has 0 unspecified atom stereocenters. The number of nitrogens with two attached hydrogens (primary N) is 1. The fraction of sp³-hybridized carbons (Fsp3) is 0.231. The summed E-state index contributed by atoms with van der Waals surface area (Å²) in [5.74, 6) is 0.368. The van der Waals surface area contributed by atoms with E-state index in [2.05, 4.69) is 9.97 Å². The van der Waals surface area contributed by atoms with Gasteiger partial charge in [0.05, 0.1) is 17.6 Å². The van der Waals surface area contributed by atoms with Crippen molar-refractivity contribution in [1.29, 1.82) is 0 Å². The van der Waals surface area contributed by atoms with Crippen LogP contribution in [-0.4, -0.2) is 9.97 Å². The molecule has 1 aromatic heterocycles. The molecule has 0 spiro atoms. The smallest absolute Gasteiger partial charge is 0.133 e. The zero-order valence-electron chi connectivity index (χ0n) is 9.65. The fourth-order valence-corrected chi connectivity index (χ4v) is 1.65. The van der Waals surface area contributed by atoms with Gasteiger partial charge < -0.3 is 5.73 Å². The van der Waals surface area contributed by atoms with E-state index in [0.29, 0.717) is 23.5 Å². The minimum atomic E-state index is -0.231. The summed E-state index contributed by atoms with van der Waals surface area (Å²) in [4.78, 5) is 8.44. The van der Waals surface area contributed by atoms with Gasteiger partial charge in [-0.15, -0.1) is 0 Å². The second kappa shape index (κ2) is 4.91. The Balaban J connectivity index is 2.28. The van der Waals surface area contributed by atoms with Gasteiger partial charge in [-0.05, 0) is 18.1 Å². The van der Waals surface area contributed by atoms with Crippen LogP contribution in [-0.2, 0) is 12.8 Å². The zero-order valence-corrected chi connectivity index (χ0v) is 9.65. The minimum Gasteiger partial charge on any atom is -0.396 e. The number of nitrogen functional groups attached to an aromatic ring is 1. The molecule has 88 valence electrons. The van der Waals surface area contributed by atoms with Gasteiger partial charge in [0.1, 0.15) is 11.6 Å². The van der Waals surface area contributed by atoms with Crippen LogP contribution >= 0.6 is 0 Å². The number of anilines is 1. The monoisotopic (exact) mass is 231 g/mol. The van der Waals surface area contributed by atoms with Gasteiger partial charge in [0, 0.05) is 6.42 Å². The highest BCUT2D eigenvalue weighted by Crippen LogP contribution is 2.13. The standard InChI is InChI=1S/C13H14FN3/c1-2-12-11(15)8-16-13(17-12)7-9-5-3-4-6-10(9)14/h3-6,8H,2,7,15H2,1H3. The molecule has 0 bridgehead atoms. The van der Waals surface area contributed by atoms with Gasteiger partial charge in [0.2, 0.25) is 0 Å². The minimum absolute atomic E-state index is 0.231. The lowest BCUT2D eigenvalue weighted by molar-refractivity contribution is 0.612. The van der Waals surface area contributed by atoms with E-state index in [1.807, 2.05) is 6.92 Å². The molecule has 1 aromatic carbocycles. The first-order valence-corrected chi connectivity index (χ1v) is 5.54. The third kappa shape index (κ3) is 2.58. The van der Waals surface area contributed by atoms with Crippen LogP contribution < -0.4 is 5.73 Å². The number of halogens is 1. The molecule has 0 saturated heterocycles. The van der Waals surface area contributed by atoms with E-state index in [-0.39, 0.29) is 5.82 Å². The molecule has 2 N–H and O–H groups in total. The molecular formula is C13H14FN3. The Morgan fingerprint density at radius 1 is 1.29 bits per heavy atom. The molecule has 1 heterocycles. The van der Waals surface area contributed by atoms with E-state index in [1.165, 1.54) is 6.07 Å². The van der Waals surface area contributed by atoms with Crippen molar-refractivity contribution in [3.8, 4) is 0 Å². The molecule has 0 atom stereocenters. The number of hydrogen-bond donors (Lipinski definition) is 1. The van der Waals surface area contributed by atoms with E-state index in [0.717, 1.165) is 12.1 Å². The summed E-state index contributed by atoms with van der Waals surface area (Å²) in [7, 11) is 0. The first-order chi connectivity index (χ1) is 8.20. The lowest BCUT2D eigenvalue weighted by Gasteiger charge is -2.05. The molecule has 2 aromatic rings. The largest absolute Gasteiger partial charge is 0.396 e. The number of nitrogens with zero attached hydrogens (tertiary/aromatic N) is 2. The molecular weight excluding hydrogens is 217 g/mol. The zero-order chi connectivity index (χ0) is 12.3. The van der Waals surface area contributed by atoms with Crippen LogP contribution in [0.4, 0.5) is 10.1 Å². The van der Waals surface area contributed by atoms with E-state index >= 15 is 0 Å². The van der Waals surface area contributed by atoms with Crippen molar-refractivity contribution in [2.75, 3.05) is 5.73 Å². The number of aromatic nitrogens is 2. The van der Waals surface area contributed by atoms with E-state index in [1.54, 1.807) is 24.4 Å². The van der Waals surface area contributed by atoms with Crippen LogP contribution in [0.15, 0.2) is 30.5 Å². The summed E-state index contributed by atoms with van der Waals surface area (Å²) >= 11 is 0. The molecule has 0 saturated carbocycles. The maximum absolute atomic E-state index is 13.5. The van der Waals surface area contributed by atoms with Crippen molar-refractivity contribution in [2.45, 2.75) is 19.8 Å². The Kier molecular flexibility index (Phi) is 3.32. The van der Waals surface area contributed by atoms with Crippen LogP contribution in [0.25, 0.3) is 0 Å². The molecule has 0 aliphatic rings. The van der Waals surface area contributed by atoms with Crippen molar-refractivity contribution in [3.63, 3.8) is 0 Å². The Labute approximate surface area is 99.5 Å². The predicted octanol–water partition coefficient (Wildman–Crippen LogP) is 2.35. The molecule has 0 amide bonds. The molecule has 0 radical (unpaired) electrons. The summed E-state index contributed by atoms with van der Waals surface area (Å²) in [5.41, 5.74) is 7.72. The van der Waals surface area contributed by atoms with Crippen LogP contribution in [0.1, 0.15) is 24.0 Å². The van der Waals surface area contributed by atoms with E-state index in [9.17, 15) is 4.39 Å². The van der Waals surface area contributed by atoms with Gasteiger partial charge in [-0.1, -0.05) is 25.1 Å². The molecule has 3 nitrogen and oxygen atoms in total. The molecule has 2 rings (SSSR count). The second-order valence-electron chi connectivity index (χ2n) is 3.81. The molecule has 0 aliphatic carbocycles. The topological polar surface area (TPSA) is 51.8 Å². The van der Waals surface area contributed by atoms with Crippen molar-refractivity contribution in [2.24, 2.45) is 0 Å². The highest BCUT2D eigenvalue weighted by molar-refractivity contribution is 5.40. The Morgan fingerprint density at radius 2 is 2.06 bits per heavy atom. The normalized spacial score (nSPS) is 10.5. The van der Waals surface area contributed by atoms with Gasteiger partial charge >= 0.3 is 0 Å². The summed E-state index contributed by atoms with van der Waals surface area (Å²) < 4.78 is 13.5. The summed E-state index contributed by atoms with van der Waals surface area (Å²) in [6.45, 7) is 1.98. The first kappa shape index (κ1) is 11.5. The fourth-order valence-electron chi connectivity index (χ4n) is 1.65. The molecule has 4 heteroatoms. The van der Waals surface area contributed by atoms with Gasteiger partial charge in [-0.2, -0.15) is 0 Å². The van der Waals surface area contributed by atoms with Crippen LogP contribution in [0.3, 0.4) is 0 Å². The average molecular weight is 231 g/mol. The average Bonchev–Trinajstić information content (AvgIpc) is 2.34. The first-order valence-electron chi connectivity index (χ1n) is 5.54. The third-order valence-corrected chi connectivity index (χ3v) is 2.59.